The Morgan fingerprint density at radius 3 is 2.39 bits per heavy atom. The molecular weight excluding hydrogens is 270 g/mol. The van der Waals surface area contributed by atoms with Crippen molar-refractivity contribution in [2.45, 2.75) is 25.8 Å². The lowest BCUT2D eigenvalue weighted by Gasteiger charge is -2.17. The van der Waals surface area contributed by atoms with Gasteiger partial charge in [-0.15, -0.1) is 0 Å². The second-order valence-electron chi connectivity index (χ2n) is 4.45. The second-order valence-corrected chi connectivity index (χ2v) is 7.15. The zero-order chi connectivity index (χ0) is 13.6. The predicted molar refractivity (Wildman–Crippen MR) is 76.8 cm³/mol. The number of nitrogens with one attached hydrogen (secondary N) is 1. The fraction of sp³-hybridized carbons (Fsp3) is 0.538. The third kappa shape index (κ3) is 5.85. The molecule has 0 saturated carbocycles. The molecule has 3 nitrogen and oxygen atoms in total. The summed E-state index contributed by atoms with van der Waals surface area (Å²) in [6.07, 6.45) is 2.87. The molecule has 0 bridgehead atoms. The molecule has 0 saturated heterocycles. The van der Waals surface area contributed by atoms with E-state index in [0.29, 0.717) is 13.0 Å². The molecule has 0 fully saturated rings. The first-order chi connectivity index (χ1) is 8.42. The van der Waals surface area contributed by atoms with Gasteiger partial charge in [0.15, 0.2) is 0 Å². The highest BCUT2D eigenvalue weighted by molar-refractivity contribution is 7.90. The summed E-state index contributed by atoms with van der Waals surface area (Å²) in [6, 6.07) is 8.00. The summed E-state index contributed by atoms with van der Waals surface area (Å²) >= 11 is 5.85. The lowest BCUT2D eigenvalue weighted by Crippen LogP contribution is -2.23. The number of hydrogen-bond acceptors (Lipinski definition) is 3. The van der Waals surface area contributed by atoms with Crippen LogP contribution in [0.25, 0.3) is 0 Å². The molecule has 0 aliphatic carbocycles. The van der Waals surface area contributed by atoms with E-state index in [1.165, 1.54) is 11.8 Å². The van der Waals surface area contributed by atoms with Crippen LogP contribution in [0.4, 0.5) is 0 Å². The van der Waals surface area contributed by atoms with Crippen molar-refractivity contribution >= 4 is 21.4 Å². The summed E-state index contributed by atoms with van der Waals surface area (Å²) in [5.74, 6) is 0.233. The predicted octanol–water partition coefficient (Wildman–Crippen LogP) is 2.82. The Hall–Kier alpha value is -0.580. The highest BCUT2D eigenvalue weighted by atomic mass is 35.5. The van der Waals surface area contributed by atoms with Gasteiger partial charge in [-0.05, 0) is 37.1 Å². The van der Waals surface area contributed by atoms with Gasteiger partial charge in [0, 0.05) is 17.3 Å². The monoisotopic (exact) mass is 289 g/mol. The topological polar surface area (TPSA) is 46.2 Å². The van der Waals surface area contributed by atoms with Gasteiger partial charge in [0.25, 0.3) is 0 Å². The molecular formula is C13H20ClNO2S. The molecule has 1 unspecified atom stereocenters. The number of sulfone groups is 1. The van der Waals surface area contributed by atoms with Gasteiger partial charge in [-0.1, -0.05) is 30.7 Å². The first kappa shape index (κ1) is 15.5. The lowest BCUT2D eigenvalue weighted by molar-refractivity contribution is 0.516. The Balaban J connectivity index is 2.45. The molecule has 0 heterocycles. The maximum absolute atomic E-state index is 11.0. The number of halogens is 1. The molecule has 1 aromatic rings. The molecule has 0 aliphatic rings. The minimum atomic E-state index is -2.86. The zero-order valence-corrected chi connectivity index (χ0v) is 12.4. The summed E-state index contributed by atoms with van der Waals surface area (Å²) in [6.45, 7) is 2.80. The fourth-order valence-corrected chi connectivity index (χ4v) is 2.60. The van der Waals surface area contributed by atoms with E-state index in [1.54, 1.807) is 0 Å². The molecule has 0 aromatic heterocycles. The first-order valence-corrected chi connectivity index (χ1v) is 8.53. The third-order valence-electron chi connectivity index (χ3n) is 2.76. The maximum Gasteiger partial charge on any atom is 0.147 e. The van der Waals surface area contributed by atoms with Crippen molar-refractivity contribution in [2.75, 3.05) is 18.6 Å². The van der Waals surface area contributed by atoms with Crippen LogP contribution in [0.5, 0.6) is 0 Å². The summed E-state index contributed by atoms with van der Waals surface area (Å²) < 4.78 is 22.0. The molecule has 18 heavy (non-hydrogen) atoms. The third-order valence-corrected chi connectivity index (χ3v) is 4.05. The molecule has 1 N–H and O–H groups in total. The van der Waals surface area contributed by atoms with Gasteiger partial charge in [0.2, 0.25) is 0 Å². The molecule has 0 amide bonds. The Kier molecular flexibility index (Phi) is 6.12. The maximum atomic E-state index is 11.0. The second kappa shape index (κ2) is 7.12. The van der Waals surface area contributed by atoms with Crippen LogP contribution in [0.3, 0.4) is 0 Å². The average molecular weight is 290 g/mol. The molecule has 0 aliphatic heterocycles. The van der Waals surface area contributed by atoms with Crippen LogP contribution in [-0.4, -0.2) is 27.0 Å². The molecule has 5 heteroatoms. The Bertz CT molecular complexity index is 456. The largest absolute Gasteiger partial charge is 0.310 e. The van der Waals surface area contributed by atoms with E-state index in [2.05, 4.69) is 12.2 Å². The SMILES string of the molecule is CCC(NCCCS(C)(=O)=O)c1ccc(Cl)cc1. The van der Waals surface area contributed by atoms with Crippen LogP contribution in [0.1, 0.15) is 31.4 Å². The number of hydrogen-bond donors (Lipinski definition) is 1. The minimum Gasteiger partial charge on any atom is -0.310 e. The van der Waals surface area contributed by atoms with E-state index >= 15 is 0 Å². The Morgan fingerprint density at radius 1 is 1.28 bits per heavy atom. The van der Waals surface area contributed by atoms with Gasteiger partial charge >= 0.3 is 0 Å². The van der Waals surface area contributed by atoms with Crippen molar-refractivity contribution in [2.24, 2.45) is 0 Å². The van der Waals surface area contributed by atoms with Crippen molar-refractivity contribution in [1.82, 2.24) is 5.32 Å². The normalized spacial score (nSPS) is 13.5. The van der Waals surface area contributed by atoms with Gasteiger partial charge < -0.3 is 5.32 Å². The minimum absolute atomic E-state index is 0.233. The average Bonchev–Trinajstić information content (AvgIpc) is 2.29. The molecule has 0 radical (unpaired) electrons. The van der Waals surface area contributed by atoms with Crippen molar-refractivity contribution in [1.29, 1.82) is 0 Å². The van der Waals surface area contributed by atoms with Gasteiger partial charge in [0.05, 0.1) is 5.75 Å². The van der Waals surface area contributed by atoms with E-state index in [9.17, 15) is 8.42 Å². The quantitative estimate of drug-likeness (QED) is 0.785. The zero-order valence-electron chi connectivity index (χ0n) is 10.8. The first-order valence-electron chi connectivity index (χ1n) is 6.09. The van der Waals surface area contributed by atoms with Gasteiger partial charge in [0.1, 0.15) is 9.84 Å². The number of benzene rings is 1. The highest BCUT2D eigenvalue weighted by Crippen LogP contribution is 2.18. The molecule has 1 rings (SSSR count). The van der Waals surface area contributed by atoms with Crippen LogP contribution < -0.4 is 5.32 Å². The van der Waals surface area contributed by atoms with Crippen LogP contribution in [-0.2, 0) is 9.84 Å². The fourth-order valence-electron chi connectivity index (χ4n) is 1.80. The summed E-state index contributed by atoms with van der Waals surface area (Å²) in [5, 5.41) is 4.10. The highest BCUT2D eigenvalue weighted by Gasteiger charge is 2.08. The summed E-state index contributed by atoms with van der Waals surface area (Å²) in [4.78, 5) is 0. The van der Waals surface area contributed by atoms with Crippen molar-refractivity contribution in [3.05, 3.63) is 34.9 Å². The van der Waals surface area contributed by atoms with Crippen LogP contribution >= 0.6 is 11.6 Å². The van der Waals surface area contributed by atoms with Gasteiger partial charge in [-0.25, -0.2) is 8.42 Å². The molecule has 1 atom stereocenters. The van der Waals surface area contributed by atoms with E-state index in [0.717, 1.165) is 11.4 Å². The van der Waals surface area contributed by atoms with E-state index in [-0.39, 0.29) is 11.8 Å². The van der Waals surface area contributed by atoms with Crippen molar-refractivity contribution in [3.63, 3.8) is 0 Å². The van der Waals surface area contributed by atoms with Crippen molar-refractivity contribution < 1.29 is 8.42 Å². The Labute approximate surface area is 114 Å². The molecule has 1 aromatic carbocycles. The Morgan fingerprint density at radius 2 is 1.89 bits per heavy atom. The molecule has 102 valence electrons. The van der Waals surface area contributed by atoms with Crippen LogP contribution in [0.15, 0.2) is 24.3 Å². The van der Waals surface area contributed by atoms with Crippen LogP contribution in [0.2, 0.25) is 5.02 Å². The van der Waals surface area contributed by atoms with E-state index in [1.807, 2.05) is 24.3 Å². The summed E-state index contributed by atoms with van der Waals surface area (Å²) in [5.41, 5.74) is 1.18. The summed E-state index contributed by atoms with van der Waals surface area (Å²) in [7, 11) is -2.86. The standard InChI is InChI=1S/C13H20ClNO2S/c1-3-13(11-5-7-12(14)8-6-11)15-9-4-10-18(2,16)17/h5-8,13,15H,3-4,9-10H2,1-2H3. The van der Waals surface area contributed by atoms with Gasteiger partial charge in [-0.3, -0.25) is 0 Å². The van der Waals surface area contributed by atoms with E-state index in [4.69, 9.17) is 11.6 Å². The molecule has 0 spiro atoms. The van der Waals surface area contributed by atoms with E-state index < -0.39 is 9.84 Å². The van der Waals surface area contributed by atoms with Crippen molar-refractivity contribution in [3.8, 4) is 0 Å². The lowest BCUT2D eigenvalue weighted by atomic mass is 10.0. The van der Waals surface area contributed by atoms with Crippen LogP contribution in [0, 0.1) is 0 Å². The van der Waals surface area contributed by atoms with Gasteiger partial charge in [-0.2, -0.15) is 0 Å². The smallest absolute Gasteiger partial charge is 0.147 e. The number of rotatable bonds is 7.